The molecule has 0 spiro atoms. The summed E-state index contributed by atoms with van der Waals surface area (Å²) in [6.07, 6.45) is 0.921. The van der Waals surface area contributed by atoms with Crippen LogP contribution >= 0.6 is 15.9 Å². The minimum absolute atomic E-state index is 0.0625. The number of benzene rings is 1. The lowest BCUT2D eigenvalue weighted by Crippen LogP contribution is -2.56. The van der Waals surface area contributed by atoms with E-state index in [4.69, 9.17) is 10.9 Å². The summed E-state index contributed by atoms with van der Waals surface area (Å²) in [6.45, 7) is 3.65. The summed E-state index contributed by atoms with van der Waals surface area (Å²) >= 11 is 3.20. The van der Waals surface area contributed by atoms with Crippen LogP contribution in [0, 0.1) is 0 Å². The normalized spacial score (nSPS) is 12.2. The van der Waals surface area contributed by atoms with Crippen LogP contribution in [0.25, 0.3) is 0 Å². The zero-order valence-electron chi connectivity index (χ0n) is 11.4. The summed E-state index contributed by atoms with van der Waals surface area (Å²) in [6, 6.07) is 4.58. The fourth-order valence-corrected chi connectivity index (χ4v) is 2.28. The first-order chi connectivity index (χ1) is 9.40. The molecule has 6 nitrogen and oxygen atoms in total. The van der Waals surface area contributed by atoms with E-state index in [1.165, 1.54) is 12.1 Å². The highest BCUT2D eigenvalue weighted by Gasteiger charge is 2.34. The van der Waals surface area contributed by atoms with Gasteiger partial charge in [0.15, 0.2) is 5.84 Å². The molecule has 0 atom stereocenters. The Hall–Kier alpha value is -1.76. The van der Waals surface area contributed by atoms with Crippen LogP contribution in [0.5, 0.6) is 5.75 Å². The molecule has 0 heterocycles. The van der Waals surface area contributed by atoms with Crippen molar-refractivity contribution >= 4 is 27.7 Å². The number of amides is 1. The van der Waals surface area contributed by atoms with Crippen molar-refractivity contribution in [2.75, 3.05) is 0 Å². The first-order valence-corrected chi connectivity index (χ1v) is 6.98. The summed E-state index contributed by atoms with van der Waals surface area (Å²) in [5, 5.41) is 24.4. The van der Waals surface area contributed by atoms with Crippen LogP contribution < -0.4 is 11.1 Å². The fraction of sp³-hybridized carbons (Fsp3) is 0.385. The number of phenolic OH excluding ortho intramolecular Hbond substituents is 1. The predicted molar refractivity (Wildman–Crippen MR) is 80.0 cm³/mol. The topological polar surface area (TPSA) is 108 Å². The van der Waals surface area contributed by atoms with Gasteiger partial charge in [-0.1, -0.05) is 34.9 Å². The van der Waals surface area contributed by atoms with Crippen molar-refractivity contribution in [3.8, 4) is 5.75 Å². The largest absolute Gasteiger partial charge is 0.507 e. The first kappa shape index (κ1) is 16.3. The van der Waals surface area contributed by atoms with E-state index in [1.807, 2.05) is 13.8 Å². The van der Waals surface area contributed by atoms with E-state index in [0.29, 0.717) is 17.3 Å². The van der Waals surface area contributed by atoms with Crippen molar-refractivity contribution in [2.24, 2.45) is 10.9 Å². The number of rotatable bonds is 5. The van der Waals surface area contributed by atoms with E-state index < -0.39 is 11.4 Å². The molecular formula is C13H18BrN3O3. The van der Waals surface area contributed by atoms with Crippen LogP contribution in [-0.4, -0.2) is 27.6 Å². The number of nitrogens with zero attached hydrogens (tertiary/aromatic N) is 1. The summed E-state index contributed by atoms with van der Waals surface area (Å²) < 4.78 is 0.667. The van der Waals surface area contributed by atoms with E-state index in [2.05, 4.69) is 26.4 Å². The van der Waals surface area contributed by atoms with Crippen LogP contribution in [0.4, 0.5) is 0 Å². The van der Waals surface area contributed by atoms with Crippen LogP contribution in [0.2, 0.25) is 0 Å². The molecule has 1 aromatic rings. The van der Waals surface area contributed by atoms with Gasteiger partial charge in [0.05, 0.1) is 5.56 Å². The van der Waals surface area contributed by atoms with Crippen molar-refractivity contribution in [1.29, 1.82) is 0 Å². The summed E-state index contributed by atoms with van der Waals surface area (Å²) in [5.74, 6) is -0.685. The summed E-state index contributed by atoms with van der Waals surface area (Å²) in [7, 11) is 0. The number of carbonyl (C=O) groups is 1. The van der Waals surface area contributed by atoms with Crippen molar-refractivity contribution < 1.29 is 15.1 Å². The van der Waals surface area contributed by atoms with Gasteiger partial charge < -0.3 is 21.4 Å². The van der Waals surface area contributed by atoms with Gasteiger partial charge in [0.2, 0.25) is 0 Å². The Kier molecular flexibility index (Phi) is 5.38. The maximum Gasteiger partial charge on any atom is 0.255 e. The number of nitrogens with two attached hydrogens (primary N) is 1. The first-order valence-electron chi connectivity index (χ1n) is 6.19. The number of halogens is 1. The van der Waals surface area contributed by atoms with E-state index in [1.54, 1.807) is 6.07 Å². The Balaban J connectivity index is 3.09. The fourth-order valence-electron chi connectivity index (χ4n) is 1.93. The number of nitrogens with one attached hydrogen (secondary N) is 1. The van der Waals surface area contributed by atoms with Crippen LogP contribution in [0.1, 0.15) is 37.0 Å². The maximum absolute atomic E-state index is 12.3. The Bertz CT molecular complexity index is 528. The highest BCUT2D eigenvalue weighted by atomic mass is 79.9. The number of oxime groups is 1. The van der Waals surface area contributed by atoms with Crippen molar-refractivity contribution in [1.82, 2.24) is 5.32 Å². The van der Waals surface area contributed by atoms with Gasteiger partial charge in [-0.05, 0) is 31.0 Å². The molecule has 1 amide bonds. The number of phenols is 1. The maximum atomic E-state index is 12.3. The molecule has 0 unspecified atom stereocenters. The van der Waals surface area contributed by atoms with E-state index >= 15 is 0 Å². The van der Waals surface area contributed by atoms with E-state index in [0.717, 1.165) is 0 Å². The second-order valence-electron chi connectivity index (χ2n) is 4.39. The minimum Gasteiger partial charge on any atom is -0.507 e. The third kappa shape index (κ3) is 3.22. The molecule has 0 radical (unpaired) electrons. The van der Waals surface area contributed by atoms with Gasteiger partial charge in [0, 0.05) is 4.47 Å². The second kappa shape index (κ2) is 6.60. The average molecular weight is 344 g/mol. The number of amidine groups is 1. The Morgan fingerprint density at radius 2 is 2.05 bits per heavy atom. The molecule has 0 aliphatic carbocycles. The number of carbonyl (C=O) groups excluding carboxylic acids is 1. The van der Waals surface area contributed by atoms with E-state index in [9.17, 15) is 9.90 Å². The van der Waals surface area contributed by atoms with Crippen molar-refractivity contribution in [3.63, 3.8) is 0 Å². The highest BCUT2D eigenvalue weighted by Crippen LogP contribution is 2.24. The van der Waals surface area contributed by atoms with Gasteiger partial charge in [0.25, 0.3) is 5.91 Å². The molecule has 1 rings (SSSR count). The number of aromatic hydroxyl groups is 1. The van der Waals surface area contributed by atoms with Crippen LogP contribution in [0.15, 0.2) is 27.8 Å². The summed E-state index contributed by atoms with van der Waals surface area (Å²) in [5.41, 5.74) is 4.87. The van der Waals surface area contributed by atoms with Gasteiger partial charge in [-0.15, -0.1) is 0 Å². The monoisotopic (exact) mass is 343 g/mol. The summed E-state index contributed by atoms with van der Waals surface area (Å²) in [4.78, 5) is 12.3. The zero-order chi connectivity index (χ0) is 15.3. The molecule has 0 aromatic heterocycles. The van der Waals surface area contributed by atoms with Gasteiger partial charge in [-0.25, -0.2) is 0 Å². The Morgan fingerprint density at radius 1 is 1.45 bits per heavy atom. The zero-order valence-corrected chi connectivity index (χ0v) is 12.9. The van der Waals surface area contributed by atoms with Gasteiger partial charge in [-0.3, -0.25) is 4.79 Å². The van der Waals surface area contributed by atoms with Crippen LogP contribution in [-0.2, 0) is 0 Å². The molecular weight excluding hydrogens is 326 g/mol. The molecule has 0 fully saturated rings. The molecule has 0 saturated carbocycles. The molecule has 20 heavy (non-hydrogen) atoms. The molecule has 1 aromatic carbocycles. The Labute approximate surface area is 125 Å². The molecule has 0 aliphatic heterocycles. The minimum atomic E-state index is -0.939. The molecule has 0 saturated heterocycles. The molecule has 0 bridgehead atoms. The van der Waals surface area contributed by atoms with E-state index in [-0.39, 0.29) is 17.1 Å². The molecule has 0 aliphatic rings. The molecule has 110 valence electrons. The number of hydrogen-bond acceptors (Lipinski definition) is 4. The quantitative estimate of drug-likeness (QED) is 0.284. The standard InChI is InChI=1S/C13H18BrN3O3/c1-3-13(4-2,12(15)17-20)16-11(19)9-6-5-8(14)7-10(9)18/h5-7,18,20H,3-4H2,1-2H3,(H2,15,17)(H,16,19). The van der Waals surface area contributed by atoms with Crippen molar-refractivity contribution in [2.45, 2.75) is 32.2 Å². The van der Waals surface area contributed by atoms with Gasteiger partial charge in [-0.2, -0.15) is 0 Å². The molecule has 5 N–H and O–H groups in total. The van der Waals surface area contributed by atoms with Gasteiger partial charge >= 0.3 is 0 Å². The lowest BCUT2D eigenvalue weighted by Gasteiger charge is -2.31. The smallest absolute Gasteiger partial charge is 0.255 e. The molecule has 7 heteroatoms. The Morgan fingerprint density at radius 3 is 2.50 bits per heavy atom. The third-order valence-electron chi connectivity index (χ3n) is 3.36. The second-order valence-corrected chi connectivity index (χ2v) is 5.31. The third-order valence-corrected chi connectivity index (χ3v) is 3.86. The SMILES string of the molecule is CCC(CC)(NC(=O)c1ccc(Br)cc1O)C(N)=NO. The lowest BCUT2D eigenvalue weighted by molar-refractivity contribution is 0.0915. The average Bonchev–Trinajstić information content (AvgIpc) is 2.43. The lowest BCUT2D eigenvalue weighted by atomic mass is 9.91. The highest BCUT2D eigenvalue weighted by molar-refractivity contribution is 9.10. The van der Waals surface area contributed by atoms with Crippen molar-refractivity contribution in [3.05, 3.63) is 28.2 Å². The number of hydrogen-bond donors (Lipinski definition) is 4. The van der Waals surface area contributed by atoms with Crippen LogP contribution in [0.3, 0.4) is 0 Å². The predicted octanol–water partition coefficient (Wildman–Crippen LogP) is 2.19. The van der Waals surface area contributed by atoms with Gasteiger partial charge in [0.1, 0.15) is 11.3 Å².